The molecule has 0 bridgehead atoms. The molecule has 1 amide bonds. The van der Waals surface area contributed by atoms with Crippen molar-refractivity contribution in [3.63, 3.8) is 0 Å². The van der Waals surface area contributed by atoms with Crippen molar-refractivity contribution in [3.8, 4) is 0 Å². The molecule has 0 radical (unpaired) electrons. The van der Waals surface area contributed by atoms with E-state index in [1.165, 1.54) is 0 Å². The first-order valence-corrected chi connectivity index (χ1v) is 5.61. The second-order valence-corrected chi connectivity index (χ2v) is 4.37. The summed E-state index contributed by atoms with van der Waals surface area (Å²) in [5.74, 6) is 0.151. The minimum atomic E-state index is 0.0179. The SMILES string of the molecule is CCCC(N)CC(=O)N(C)CCN(C)C. The Balaban J connectivity index is 3.78. The smallest absolute Gasteiger partial charge is 0.223 e. The number of likely N-dealkylation sites (N-methyl/N-ethyl adjacent to an activating group) is 2. The average molecular weight is 215 g/mol. The lowest BCUT2D eigenvalue weighted by atomic mass is 10.1. The second kappa shape index (κ2) is 7.65. The van der Waals surface area contributed by atoms with Crippen molar-refractivity contribution >= 4 is 5.91 Å². The van der Waals surface area contributed by atoms with E-state index in [9.17, 15) is 4.79 Å². The lowest BCUT2D eigenvalue weighted by molar-refractivity contribution is -0.130. The van der Waals surface area contributed by atoms with Gasteiger partial charge < -0.3 is 15.5 Å². The number of carbonyl (C=O) groups excluding carboxylic acids is 1. The highest BCUT2D eigenvalue weighted by Crippen LogP contribution is 2.01. The van der Waals surface area contributed by atoms with Gasteiger partial charge in [-0.2, -0.15) is 0 Å². The third kappa shape index (κ3) is 7.33. The van der Waals surface area contributed by atoms with Crippen LogP contribution in [0.4, 0.5) is 0 Å². The van der Waals surface area contributed by atoms with Crippen LogP contribution in [0.5, 0.6) is 0 Å². The van der Waals surface area contributed by atoms with Crippen LogP contribution in [-0.4, -0.2) is 56.0 Å². The van der Waals surface area contributed by atoms with E-state index < -0.39 is 0 Å². The molecule has 0 aromatic heterocycles. The molecule has 0 aromatic carbocycles. The van der Waals surface area contributed by atoms with Gasteiger partial charge in [0.2, 0.25) is 5.91 Å². The maximum absolute atomic E-state index is 11.7. The summed E-state index contributed by atoms with van der Waals surface area (Å²) in [5.41, 5.74) is 5.82. The molecule has 0 fully saturated rings. The van der Waals surface area contributed by atoms with Crippen molar-refractivity contribution in [2.75, 3.05) is 34.2 Å². The summed E-state index contributed by atoms with van der Waals surface area (Å²) in [5, 5.41) is 0. The van der Waals surface area contributed by atoms with Crippen molar-refractivity contribution in [2.45, 2.75) is 32.2 Å². The van der Waals surface area contributed by atoms with E-state index in [1.807, 2.05) is 21.1 Å². The molecule has 0 aliphatic rings. The first-order chi connectivity index (χ1) is 6.97. The predicted octanol–water partition coefficient (Wildman–Crippen LogP) is 0.524. The van der Waals surface area contributed by atoms with Gasteiger partial charge in [-0.25, -0.2) is 0 Å². The number of rotatable bonds is 7. The van der Waals surface area contributed by atoms with E-state index in [-0.39, 0.29) is 11.9 Å². The summed E-state index contributed by atoms with van der Waals surface area (Å²) in [4.78, 5) is 15.5. The second-order valence-electron chi connectivity index (χ2n) is 4.37. The molecule has 0 aromatic rings. The van der Waals surface area contributed by atoms with E-state index in [2.05, 4.69) is 11.8 Å². The molecule has 0 rings (SSSR count). The largest absolute Gasteiger partial charge is 0.344 e. The summed E-state index contributed by atoms with van der Waals surface area (Å²) < 4.78 is 0. The summed E-state index contributed by atoms with van der Waals surface area (Å²) >= 11 is 0. The molecule has 0 spiro atoms. The summed E-state index contributed by atoms with van der Waals surface area (Å²) in [6.07, 6.45) is 2.43. The lowest BCUT2D eigenvalue weighted by Gasteiger charge is -2.21. The van der Waals surface area contributed by atoms with Gasteiger partial charge in [-0.05, 0) is 20.5 Å². The highest BCUT2D eigenvalue weighted by molar-refractivity contribution is 5.76. The molecule has 0 heterocycles. The van der Waals surface area contributed by atoms with Gasteiger partial charge in [0.1, 0.15) is 0 Å². The van der Waals surface area contributed by atoms with Gasteiger partial charge in [0.05, 0.1) is 0 Å². The van der Waals surface area contributed by atoms with E-state index in [0.717, 1.165) is 25.9 Å². The van der Waals surface area contributed by atoms with Gasteiger partial charge in [-0.3, -0.25) is 4.79 Å². The van der Waals surface area contributed by atoms with E-state index in [1.54, 1.807) is 4.90 Å². The zero-order chi connectivity index (χ0) is 11.8. The van der Waals surface area contributed by atoms with Crippen molar-refractivity contribution < 1.29 is 4.79 Å². The Hall–Kier alpha value is -0.610. The van der Waals surface area contributed by atoms with Crippen molar-refractivity contribution in [3.05, 3.63) is 0 Å². The molecule has 15 heavy (non-hydrogen) atoms. The van der Waals surface area contributed by atoms with Gasteiger partial charge >= 0.3 is 0 Å². The molecule has 0 aliphatic heterocycles. The van der Waals surface area contributed by atoms with Crippen LogP contribution >= 0.6 is 0 Å². The molecule has 2 N–H and O–H groups in total. The zero-order valence-corrected chi connectivity index (χ0v) is 10.5. The van der Waals surface area contributed by atoms with Crippen LogP contribution < -0.4 is 5.73 Å². The fraction of sp³-hybridized carbons (Fsp3) is 0.909. The van der Waals surface area contributed by atoms with Crippen molar-refractivity contribution in [1.82, 2.24) is 9.80 Å². The monoisotopic (exact) mass is 215 g/mol. The number of nitrogens with two attached hydrogens (primary N) is 1. The standard InChI is InChI=1S/C11H25N3O/c1-5-6-10(12)9-11(15)14(4)8-7-13(2)3/h10H,5-9,12H2,1-4H3. The van der Waals surface area contributed by atoms with E-state index in [4.69, 9.17) is 5.73 Å². The van der Waals surface area contributed by atoms with Crippen LogP contribution in [0.1, 0.15) is 26.2 Å². The zero-order valence-electron chi connectivity index (χ0n) is 10.5. The first-order valence-electron chi connectivity index (χ1n) is 5.61. The summed E-state index contributed by atoms with van der Waals surface area (Å²) in [6, 6.07) is 0.0179. The number of carbonyl (C=O) groups is 1. The van der Waals surface area contributed by atoms with Crippen LogP contribution in [0.25, 0.3) is 0 Å². The third-order valence-electron chi connectivity index (χ3n) is 2.40. The fourth-order valence-electron chi connectivity index (χ4n) is 1.33. The Bertz CT molecular complexity index is 183. The minimum absolute atomic E-state index is 0.0179. The molecular formula is C11H25N3O. The Kier molecular flexibility index (Phi) is 7.34. The number of hydrogen-bond acceptors (Lipinski definition) is 3. The van der Waals surface area contributed by atoms with Crippen LogP contribution in [-0.2, 0) is 4.79 Å². The number of nitrogens with zero attached hydrogens (tertiary/aromatic N) is 2. The molecule has 0 saturated carbocycles. The van der Waals surface area contributed by atoms with Gasteiger partial charge in [-0.1, -0.05) is 13.3 Å². The number of hydrogen-bond donors (Lipinski definition) is 1. The highest BCUT2D eigenvalue weighted by Gasteiger charge is 2.12. The van der Waals surface area contributed by atoms with Crippen LogP contribution in [0.3, 0.4) is 0 Å². The minimum Gasteiger partial charge on any atom is -0.344 e. The molecule has 90 valence electrons. The quantitative estimate of drug-likeness (QED) is 0.674. The third-order valence-corrected chi connectivity index (χ3v) is 2.40. The molecule has 4 heteroatoms. The van der Waals surface area contributed by atoms with Crippen molar-refractivity contribution in [1.29, 1.82) is 0 Å². The van der Waals surface area contributed by atoms with Gasteiger partial charge in [0.15, 0.2) is 0 Å². The van der Waals surface area contributed by atoms with Crippen LogP contribution in [0, 0.1) is 0 Å². The van der Waals surface area contributed by atoms with Gasteiger partial charge in [0.25, 0.3) is 0 Å². The van der Waals surface area contributed by atoms with E-state index >= 15 is 0 Å². The average Bonchev–Trinajstić information content (AvgIpc) is 2.14. The Morgan fingerprint density at radius 1 is 1.27 bits per heavy atom. The van der Waals surface area contributed by atoms with Gasteiger partial charge in [0, 0.05) is 32.6 Å². The first kappa shape index (κ1) is 14.4. The van der Waals surface area contributed by atoms with Crippen LogP contribution in [0.2, 0.25) is 0 Å². The fourth-order valence-corrected chi connectivity index (χ4v) is 1.33. The summed E-state index contributed by atoms with van der Waals surface area (Å²) in [7, 11) is 5.84. The normalized spacial score (nSPS) is 12.9. The Morgan fingerprint density at radius 2 is 1.87 bits per heavy atom. The molecule has 0 aliphatic carbocycles. The highest BCUT2D eigenvalue weighted by atomic mass is 16.2. The van der Waals surface area contributed by atoms with Crippen molar-refractivity contribution in [2.24, 2.45) is 5.73 Å². The molecule has 1 unspecified atom stereocenters. The Morgan fingerprint density at radius 3 is 2.33 bits per heavy atom. The maximum Gasteiger partial charge on any atom is 0.223 e. The molecule has 4 nitrogen and oxygen atoms in total. The lowest BCUT2D eigenvalue weighted by Crippen LogP contribution is -2.37. The van der Waals surface area contributed by atoms with Crippen LogP contribution in [0.15, 0.2) is 0 Å². The molecular weight excluding hydrogens is 190 g/mol. The number of amides is 1. The molecule has 0 saturated heterocycles. The summed E-state index contributed by atoms with van der Waals surface area (Å²) in [6.45, 7) is 3.75. The maximum atomic E-state index is 11.7. The Labute approximate surface area is 93.4 Å². The topological polar surface area (TPSA) is 49.6 Å². The van der Waals surface area contributed by atoms with E-state index in [0.29, 0.717) is 6.42 Å². The predicted molar refractivity (Wildman–Crippen MR) is 63.7 cm³/mol. The molecule has 1 atom stereocenters. The van der Waals surface area contributed by atoms with Gasteiger partial charge in [-0.15, -0.1) is 0 Å².